The van der Waals surface area contributed by atoms with Crippen molar-refractivity contribution in [3.63, 3.8) is 0 Å². The number of fused-ring (bicyclic) bond motifs is 1. The minimum atomic E-state index is 0.677. The molecule has 0 unspecified atom stereocenters. The van der Waals surface area contributed by atoms with Crippen molar-refractivity contribution in [2.45, 2.75) is 6.92 Å². The average Bonchev–Trinajstić information content (AvgIpc) is 2.34. The van der Waals surface area contributed by atoms with E-state index < -0.39 is 0 Å². The van der Waals surface area contributed by atoms with E-state index in [1.165, 1.54) is 0 Å². The Balaban J connectivity index is 2.29. The van der Waals surface area contributed by atoms with E-state index in [2.05, 4.69) is 0 Å². The molecule has 1 fully saturated rings. The van der Waals surface area contributed by atoms with Crippen molar-refractivity contribution in [2.75, 3.05) is 13.2 Å². The molecule has 2 rings (SSSR count). The molecule has 0 aliphatic carbocycles. The van der Waals surface area contributed by atoms with Crippen molar-refractivity contribution in [3.8, 4) is 0 Å². The zero-order valence-corrected chi connectivity index (χ0v) is 5.89. The fraction of sp³-hybridized carbons (Fsp3) is 0.429. The first kappa shape index (κ1) is 5.89. The van der Waals surface area contributed by atoms with E-state index in [0.29, 0.717) is 13.2 Å². The zero-order valence-electron chi connectivity index (χ0n) is 5.89. The molecule has 0 saturated carbocycles. The summed E-state index contributed by atoms with van der Waals surface area (Å²) < 4.78 is 10.7. The van der Waals surface area contributed by atoms with Crippen LogP contribution in [-0.2, 0) is 9.47 Å². The third-order valence-electron chi connectivity index (χ3n) is 1.65. The largest absolute Gasteiger partial charge is 0.487 e. The van der Waals surface area contributed by atoms with Gasteiger partial charge in [0.15, 0.2) is 7.28 Å². The van der Waals surface area contributed by atoms with E-state index in [9.17, 15) is 0 Å². The molecule has 0 bridgehead atoms. The molecule has 2 nitrogen and oxygen atoms in total. The summed E-state index contributed by atoms with van der Waals surface area (Å²) in [6.07, 6.45) is 0. The highest BCUT2D eigenvalue weighted by Crippen LogP contribution is 2.25. The lowest BCUT2D eigenvalue weighted by molar-refractivity contribution is 0.0602. The maximum absolute atomic E-state index is 5.37. The average molecular weight is 135 g/mol. The second-order valence-corrected chi connectivity index (χ2v) is 2.41. The lowest BCUT2D eigenvalue weighted by Crippen LogP contribution is -2.12. The molecule has 10 heavy (non-hydrogen) atoms. The Hall–Kier alpha value is -0.855. The van der Waals surface area contributed by atoms with Gasteiger partial charge in [0.25, 0.3) is 0 Å². The normalized spacial score (nSPS) is 22.3. The number of rotatable bonds is 0. The third kappa shape index (κ3) is 0.736. The lowest BCUT2D eigenvalue weighted by Gasteiger charge is -2.19. The molecule has 2 aliphatic heterocycles. The van der Waals surface area contributed by atoms with Crippen LogP contribution in [0, 0.1) is 0 Å². The second-order valence-electron chi connectivity index (χ2n) is 2.41. The summed E-state index contributed by atoms with van der Waals surface area (Å²) >= 11 is 0. The molecule has 0 N–H and O–H groups in total. The van der Waals surface area contributed by atoms with Crippen LogP contribution in [0.4, 0.5) is 0 Å². The minimum Gasteiger partial charge on any atom is -0.487 e. The Bertz CT molecular complexity index is 218. The Kier molecular flexibility index (Phi) is 1.23. The van der Waals surface area contributed by atoms with Crippen molar-refractivity contribution < 1.29 is 9.47 Å². The fourth-order valence-corrected chi connectivity index (χ4v) is 1.14. The van der Waals surface area contributed by atoms with Gasteiger partial charge in [0.05, 0.1) is 0 Å². The molecule has 51 valence electrons. The standard InChI is InChI=1S/C7H8BO2/c1-5-7-6(4-8-5)9-2-3-10-7/h4H,2-3H2,1H3. The van der Waals surface area contributed by atoms with Gasteiger partial charge in [-0.05, 0) is 6.92 Å². The van der Waals surface area contributed by atoms with Crippen molar-refractivity contribution in [3.05, 3.63) is 23.0 Å². The minimum absolute atomic E-state index is 0.677. The monoisotopic (exact) mass is 135 g/mol. The van der Waals surface area contributed by atoms with Gasteiger partial charge in [-0.15, -0.1) is 0 Å². The molecule has 0 spiro atoms. The van der Waals surface area contributed by atoms with E-state index in [1.807, 2.05) is 20.2 Å². The molecule has 0 aromatic heterocycles. The first-order chi connectivity index (χ1) is 4.88. The van der Waals surface area contributed by atoms with Gasteiger partial charge < -0.3 is 9.47 Å². The van der Waals surface area contributed by atoms with E-state index in [4.69, 9.17) is 9.47 Å². The summed E-state index contributed by atoms with van der Waals surface area (Å²) in [5.41, 5.74) is 1.16. The maximum Gasteiger partial charge on any atom is 0.185 e. The smallest absolute Gasteiger partial charge is 0.185 e. The first-order valence-electron chi connectivity index (χ1n) is 3.40. The lowest BCUT2D eigenvalue weighted by atomic mass is 9.74. The van der Waals surface area contributed by atoms with E-state index in [0.717, 1.165) is 17.0 Å². The summed E-state index contributed by atoms with van der Waals surface area (Å²) in [5.74, 6) is 3.76. The number of hydrogen-bond donors (Lipinski definition) is 0. The van der Waals surface area contributed by atoms with Gasteiger partial charge in [0.2, 0.25) is 0 Å². The summed E-state index contributed by atoms with van der Waals surface area (Å²) in [6.45, 7) is 3.38. The van der Waals surface area contributed by atoms with Crippen LogP contribution in [0.5, 0.6) is 0 Å². The van der Waals surface area contributed by atoms with Gasteiger partial charge in [0, 0.05) is 0 Å². The Morgan fingerprint density at radius 1 is 1.40 bits per heavy atom. The highest BCUT2D eigenvalue weighted by atomic mass is 16.6. The fourth-order valence-electron chi connectivity index (χ4n) is 1.14. The molecule has 0 amide bonds. The third-order valence-corrected chi connectivity index (χ3v) is 1.65. The van der Waals surface area contributed by atoms with Gasteiger partial charge in [0.1, 0.15) is 24.7 Å². The summed E-state index contributed by atoms with van der Waals surface area (Å²) in [6, 6.07) is 0. The number of ether oxygens (including phenoxy) is 2. The summed E-state index contributed by atoms with van der Waals surface area (Å²) in [7, 11) is 2.01. The molecule has 2 heterocycles. The first-order valence-corrected chi connectivity index (χ1v) is 3.40. The van der Waals surface area contributed by atoms with E-state index in [-0.39, 0.29) is 0 Å². The van der Waals surface area contributed by atoms with Gasteiger partial charge in [-0.2, -0.15) is 0 Å². The summed E-state index contributed by atoms with van der Waals surface area (Å²) in [5, 5.41) is 0. The van der Waals surface area contributed by atoms with Gasteiger partial charge in [-0.25, -0.2) is 0 Å². The van der Waals surface area contributed by atoms with Crippen LogP contribution in [0.2, 0.25) is 0 Å². The predicted molar refractivity (Wildman–Crippen MR) is 38.4 cm³/mol. The Labute approximate surface area is 60.8 Å². The van der Waals surface area contributed by atoms with E-state index >= 15 is 0 Å². The number of hydrogen-bond acceptors (Lipinski definition) is 2. The molecule has 0 aromatic rings. The summed E-state index contributed by atoms with van der Waals surface area (Å²) in [4.78, 5) is 0. The van der Waals surface area contributed by atoms with Crippen molar-refractivity contribution in [1.29, 1.82) is 0 Å². The van der Waals surface area contributed by atoms with Crippen LogP contribution in [0.15, 0.2) is 23.0 Å². The van der Waals surface area contributed by atoms with Gasteiger partial charge in [-0.1, -0.05) is 11.4 Å². The highest BCUT2D eigenvalue weighted by Gasteiger charge is 2.21. The van der Waals surface area contributed by atoms with E-state index in [1.54, 1.807) is 0 Å². The number of allylic oxidation sites excluding steroid dienone is 1. The van der Waals surface area contributed by atoms with Crippen molar-refractivity contribution >= 4 is 7.28 Å². The van der Waals surface area contributed by atoms with Crippen LogP contribution in [0.25, 0.3) is 0 Å². The van der Waals surface area contributed by atoms with Crippen molar-refractivity contribution in [2.24, 2.45) is 0 Å². The maximum atomic E-state index is 5.37. The molecular weight excluding hydrogens is 127 g/mol. The molecular formula is C7H8BO2. The quantitative estimate of drug-likeness (QED) is 0.458. The molecule has 3 heteroatoms. The topological polar surface area (TPSA) is 18.5 Å². The Morgan fingerprint density at radius 2 is 2.20 bits per heavy atom. The zero-order chi connectivity index (χ0) is 6.97. The SMILES string of the molecule is CC1=C2OCCOC2=C[B]1. The molecule has 2 aliphatic rings. The highest BCUT2D eigenvalue weighted by molar-refractivity contribution is 6.52. The van der Waals surface area contributed by atoms with Crippen LogP contribution >= 0.6 is 0 Å². The molecule has 0 atom stereocenters. The predicted octanol–water partition coefficient (Wildman–Crippen LogP) is 0.824. The second kappa shape index (κ2) is 2.08. The van der Waals surface area contributed by atoms with Crippen molar-refractivity contribution in [1.82, 2.24) is 0 Å². The van der Waals surface area contributed by atoms with Crippen LogP contribution in [-0.4, -0.2) is 20.5 Å². The molecule has 0 aromatic carbocycles. The van der Waals surface area contributed by atoms with Crippen LogP contribution in [0.3, 0.4) is 0 Å². The molecule has 1 radical (unpaired) electrons. The Morgan fingerprint density at radius 3 is 3.00 bits per heavy atom. The molecule has 1 saturated heterocycles. The van der Waals surface area contributed by atoms with Crippen LogP contribution in [0.1, 0.15) is 6.92 Å². The van der Waals surface area contributed by atoms with Crippen LogP contribution < -0.4 is 0 Å². The van der Waals surface area contributed by atoms with Gasteiger partial charge in [-0.3, -0.25) is 0 Å². The van der Waals surface area contributed by atoms with Gasteiger partial charge >= 0.3 is 0 Å².